The fraction of sp³-hybridized carbons (Fsp3) is 0.333. The Labute approximate surface area is 224 Å². The number of amides is 2. The molecule has 36 heavy (non-hydrogen) atoms. The van der Waals surface area contributed by atoms with E-state index in [1.807, 2.05) is 50.2 Å². The molecule has 0 aromatic heterocycles. The van der Waals surface area contributed by atoms with Gasteiger partial charge in [-0.05, 0) is 61.1 Å². The molecular weight excluding hydrogens is 491 g/mol. The third kappa shape index (κ3) is 8.11. The maximum absolute atomic E-state index is 13.7. The molecule has 0 saturated heterocycles. The molecule has 2 amide bonds. The quantitative estimate of drug-likeness (QED) is 0.305. The van der Waals surface area contributed by atoms with Crippen LogP contribution < -0.4 is 5.32 Å². The molecule has 1 atom stereocenters. The molecule has 0 saturated carbocycles. The van der Waals surface area contributed by atoms with E-state index in [1.54, 1.807) is 17.0 Å². The first kappa shape index (κ1) is 27.8. The molecule has 4 nitrogen and oxygen atoms in total. The molecule has 0 aliphatic carbocycles. The average Bonchev–Trinajstić information content (AvgIpc) is 2.86. The Hall–Kier alpha value is -2.82. The minimum absolute atomic E-state index is 0.0519. The predicted octanol–water partition coefficient (Wildman–Crippen LogP) is 6.65. The summed E-state index contributed by atoms with van der Waals surface area (Å²) in [6, 6.07) is 22.6. The number of carbonyl (C=O) groups excluding carboxylic acids is 2. The summed E-state index contributed by atoms with van der Waals surface area (Å²) in [6.45, 7) is 6.17. The lowest BCUT2D eigenvalue weighted by atomic mass is 10.0. The van der Waals surface area contributed by atoms with Gasteiger partial charge in [0.05, 0.1) is 0 Å². The van der Waals surface area contributed by atoms with Crippen LogP contribution in [-0.2, 0) is 35.4 Å². The van der Waals surface area contributed by atoms with E-state index in [1.165, 1.54) is 5.56 Å². The summed E-state index contributed by atoms with van der Waals surface area (Å²) in [4.78, 5) is 28.8. The van der Waals surface area contributed by atoms with Crippen LogP contribution in [0.3, 0.4) is 0 Å². The number of rotatable bonds is 11. The maximum atomic E-state index is 13.7. The van der Waals surface area contributed by atoms with E-state index >= 15 is 0 Å². The van der Waals surface area contributed by atoms with Gasteiger partial charge in [-0.25, -0.2) is 0 Å². The molecule has 0 heterocycles. The minimum Gasteiger partial charge on any atom is -0.352 e. The summed E-state index contributed by atoms with van der Waals surface area (Å²) in [5, 5.41) is 4.00. The maximum Gasteiger partial charge on any atom is 0.243 e. The van der Waals surface area contributed by atoms with Crippen LogP contribution in [-0.4, -0.2) is 28.8 Å². The van der Waals surface area contributed by atoms with Crippen molar-refractivity contribution in [3.63, 3.8) is 0 Å². The van der Waals surface area contributed by atoms with E-state index in [9.17, 15) is 9.59 Å². The molecule has 1 N–H and O–H groups in total. The molecule has 0 aliphatic heterocycles. The second kappa shape index (κ2) is 13.5. The molecule has 0 fully saturated rings. The van der Waals surface area contributed by atoms with Crippen LogP contribution >= 0.6 is 23.2 Å². The Bertz CT molecular complexity index is 1150. The lowest BCUT2D eigenvalue weighted by molar-refractivity contribution is -0.141. The highest BCUT2D eigenvalue weighted by molar-refractivity contribution is 6.35. The van der Waals surface area contributed by atoms with Crippen LogP contribution in [0.15, 0.2) is 72.8 Å². The molecule has 6 heteroatoms. The lowest BCUT2D eigenvalue weighted by Crippen LogP contribution is -2.51. The van der Waals surface area contributed by atoms with Gasteiger partial charge in [0.1, 0.15) is 6.04 Å². The number of carbonyl (C=O) groups is 2. The molecule has 190 valence electrons. The summed E-state index contributed by atoms with van der Waals surface area (Å²) < 4.78 is 0. The molecular formula is C30H34Cl2N2O2. The van der Waals surface area contributed by atoms with Gasteiger partial charge in [0.25, 0.3) is 0 Å². The van der Waals surface area contributed by atoms with Gasteiger partial charge in [0.2, 0.25) is 11.8 Å². The first-order valence-electron chi connectivity index (χ1n) is 12.4. The van der Waals surface area contributed by atoms with Crippen LogP contribution in [0.1, 0.15) is 49.4 Å². The molecule has 0 unspecified atom stereocenters. The van der Waals surface area contributed by atoms with Crippen LogP contribution in [0.25, 0.3) is 0 Å². The Morgan fingerprint density at radius 2 is 1.56 bits per heavy atom. The fourth-order valence-electron chi connectivity index (χ4n) is 4.10. The van der Waals surface area contributed by atoms with Gasteiger partial charge in [-0.1, -0.05) is 90.8 Å². The van der Waals surface area contributed by atoms with Gasteiger partial charge in [-0.3, -0.25) is 9.59 Å². The van der Waals surface area contributed by atoms with Crippen molar-refractivity contribution in [3.8, 4) is 0 Å². The first-order valence-corrected chi connectivity index (χ1v) is 13.2. The number of hydrogen-bond acceptors (Lipinski definition) is 2. The van der Waals surface area contributed by atoms with Crippen molar-refractivity contribution < 1.29 is 9.59 Å². The van der Waals surface area contributed by atoms with Gasteiger partial charge in [-0.15, -0.1) is 0 Å². The SMILES string of the molecule is CCc1ccc(CCC(=O)N(Cc2ccc(Cl)cc2Cl)[C@H](Cc2ccccc2)C(=O)NC(C)C)cc1. The molecule has 3 rings (SSSR count). The summed E-state index contributed by atoms with van der Waals surface area (Å²) >= 11 is 12.6. The topological polar surface area (TPSA) is 49.4 Å². The fourth-order valence-corrected chi connectivity index (χ4v) is 4.57. The molecule has 0 bridgehead atoms. The smallest absolute Gasteiger partial charge is 0.243 e. The normalized spacial score (nSPS) is 11.8. The van der Waals surface area contributed by atoms with Gasteiger partial charge < -0.3 is 10.2 Å². The van der Waals surface area contributed by atoms with E-state index in [4.69, 9.17) is 23.2 Å². The predicted molar refractivity (Wildman–Crippen MR) is 148 cm³/mol. The molecule has 3 aromatic rings. The van der Waals surface area contributed by atoms with Gasteiger partial charge >= 0.3 is 0 Å². The summed E-state index contributed by atoms with van der Waals surface area (Å²) in [5.41, 5.74) is 4.09. The van der Waals surface area contributed by atoms with Crippen molar-refractivity contribution in [3.05, 3.63) is 105 Å². The van der Waals surface area contributed by atoms with Crippen molar-refractivity contribution in [2.75, 3.05) is 0 Å². The molecule has 3 aromatic carbocycles. The van der Waals surface area contributed by atoms with Crippen LogP contribution in [0, 0.1) is 0 Å². The highest BCUT2D eigenvalue weighted by Crippen LogP contribution is 2.25. The zero-order chi connectivity index (χ0) is 26.1. The number of benzene rings is 3. The van der Waals surface area contributed by atoms with E-state index in [2.05, 4.69) is 36.5 Å². The Balaban J connectivity index is 1.91. The number of nitrogens with zero attached hydrogens (tertiary/aromatic N) is 1. The summed E-state index contributed by atoms with van der Waals surface area (Å²) in [6.07, 6.45) is 2.26. The largest absolute Gasteiger partial charge is 0.352 e. The minimum atomic E-state index is -0.684. The van der Waals surface area contributed by atoms with E-state index in [0.717, 1.165) is 23.1 Å². The third-order valence-corrected chi connectivity index (χ3v) is 6.70. The van der Waals surface area contributed by atoms with Crippen LogP contribution in [0.4, 0.5) is 0 Å². The first-order chi connectivity index (χ1) is 17.3. The molecule has 0 radical (unpaired) electrons. The van der Waals surface area contributed by atoms with Crippen molar-refractivity contribution in [1.82, 2.24) is 10.2 Å². The monoisotopic (exact) mass is 524 g/mol. The number of halogens is 2. The average molecular weight is 526 g/mol. The Kier molecular flexibility index (Phi) is 10.4. The van der Waals surface area contributed by atoms with Gasteiger partial charge in [-0.2, -0.15) is 0 Å². The standard InChI is InChI=1S/C30H34Cl2N2O2/c1-4-22-10-12-23(13-11-22)14-17-29(35)34(20-25-15-16-26(31)19-27(25)32)28(30(36)33-21(2)3)18-24-8-6-5-7-9-24/h5-13,15-16,19,21,28H,4,14,17-18,20H2,1-3H3,(H,33,36)/t28-/m1/s1. The highest BCUT2D eigenvalue weighted by Gasteiger charge is 2.31. The Morgan fingerprint density at radius 3 is 2.17 bits per heavy atom. The van der Waals surface area contributed by atoms with Gasteiger partial charge in [0, 0.05) is 35.5 Å². The second-order valence-electron chi connectivity index (χ2n) is 9.30. The third-order valence-electron chi connectivity index (χ3n) is 6.12. The number of hydrogen-bond donors (Lipinski definition) is 1. The molecule has 0 aliphatic rings. The highest BCUT2D eigenvalue weighted by atomic mass is 35.5. The van der Waals surface area contributed by atoms with Crippen LogP contribution in [0.2, 0.25) is 10.0 Å². The zero-order valence-electron chi connectivity index (χ0n) is 21.1. The molecule has 0 spiro atoms. The van der Waals surface area contributed by atoms with E-state index in [0.29, 0.717) is 22.9 Å². The van der Waals surface area contributed by atoms with Crippen molar-refractivity contribution in [2.24, 2.45) is 0 Å². The van der Waals surface area contributed by atoms with Crippen molar-refractivity contribution >= 4 is 35.0 Å². The number of aryl methyl sites for hydroxylation is 2. The van der Waals surface area contributed by atoms with Crippen molar-refractivity contribution in [2.45, 2.75) is 65.1 Å². The van der Waals surface area contributed by atoms with E-state index in [-0.39, 0.29) is 30.8 Å². The summed E-state index contributed by atoms with van der Waals surface area (Å²) in [7, 11) is 0. The summed E-state index contributed by atoms with van der Waals surface area (Å²) in [5.74, 6) is -0.278. The second-order valence-corrected chi connectivity index (χ2v) is 10.1. The number of nitrogens with one attached hydrogen (secondary N) is 1. The van der Waals surface area contributed by atoms with Crippen LogP contribution in [0.5, 0.6) is 0 Å². The Morgan fingerprint density at radius 1 is 0.889 bits per heavy atom. The lowest BCUT2D eigenvalue weighted by Gasteiger charge is -2.32. The van der Waals surface area contributed by atoms with Gasteiger partial charge in [0.15, 0.2) is 0 Å². The zero-order valence-corrected chi connectivity index (χ0v) is 22.6. The van der Waals surface area contributed by atoms with Crippen molar-refractivity contribution in [1.29, 1.82) is 0 Å². The van der Waals surface area contributed by atoms with E-state index < -0.39 is 6.04 Å².